The van der Waals surface area contributed by atoms with Crippen LogP contribution in [-0.2, 0) is 9.53 Å². The van der Waals surface area contributed by atoms with Gasteiger partial charge in [0, 0.05) is 0 Å². The summed E-state index contributed by atoms with van der Waals surface area (Å²) in [7, 11) is 3.21. The number of para-hydroxylation sites is 1. The Balaban J connectivity index is 2.13. The van der Waals surface area contributed by atoms with Gasteiger partial charge in [-0.1, -0.05) is 18.2 Å². The van der Waals surface area contributed by atoms with E-state index in [0.29, 0.717) is 12.5 Å². The summed E-state index contributed by atoms with van der Waals surface area (Å²) in [6.07, 6.45) is 2.07. The maximum Gasteiger partial charge on any atom is 0.329 e. The molecule has 1 aromatic carbocycles. The van der Waals surface area contributed by atoms with E-state index in [1.807, 2.05) is 31.2 Å². The highest BCUT2D eigenvalue weighted by atomic mass is 16.5. The van der Waals surface area contributed by atoms with Gasteiger partial charge in [0.1, 0.15) is 12.4 Å². The molecule has 0 radical (unpaired) electrons. The fourth-order valence-corrected chi connectivity index (χ4v) is 2.39. The van der Waals surface area contributed by atoms with E-state index >= 15 is 0 Å². The molecular formula is C15H21NO3. The number of carbonyl (C=O) groups is 1. The van der Waals surface area contributed by atoms with Crippen molar-refractivity contribution in [2.75, 3.05) is 20.8 Å². The minimum absolute atomic E-state index is 0.244. The molecule has 0 amide bonds. The number of esters is 1. The van der Waals surface area contributed by atoms with Crippen LogP contribution >= 0.6 is 0 Å². The molecule has 0 aromatic heterocycles. The van der Waals surface area contributed by atoms with Crippen LogP contribution in [0, 0.1) is 12.8 Å². The van der Waals surface area contributed by atoms with Gasteiger partial charge in [-0.15, -0.1) is 0 Å². The summed E-state index contributed by atoms with van der Waals surface area (Å²) in [6.45, 7) is 2.29. The Kier molecular flexibility index (Phi) is 4.10. The molecule has 1 unspecified atom stereocenters. The number of rotatable bonds is 6. The Hall–Kier alpha value is -1.55. The predicted octanol–water partition coefficient (Wildman–Crippen LogP) is 1.92. The Bertz CT molecular complexity index is 456. The summed E-state index contributed by atoms with van der Waals surface area (Å²) in [4.78, 5) is 12.1. The van der Waals surface area contributed by atoms with Crippen molar-refractivity contribution in [3.8, 4) is 5.75 Å². The molecule has 4 nitrogen and oxygen atoms in total. The van der Waals surface area contributed by atoms with Crippen molar-refractivity contribution >= 4 is 5.97 Å². The van der Waals surface area contributed by atoms with Crippen molar-refractivity contribution in [1.82, 2.24) is 5.32 Å². The van der Waals surface area contributed by atoms with Crippen LogP contribution in [0.2, 0.25) is 0 Å². The molecule has 1 atom stereocenters. The quantitative estimate of drug-likeness (QED) is 0.797. The van der Waals surface area contributed by atoms with Crippen LogP contribution in [0.5, 0.6) is 5.75 Å². The van der Waals surface area contributed by atoms with Crippen LogP contribution < -0.4 is 10.1 Å². The van der Waals surface area contributed by atoms with Crippen LogP contribution in [0.15, 0.2) is 24.3 Å². The van der Waals surface area contributed by atoms with E-state index in [1.165, 1.54) is 7.11 Å². The number of benzene rings is 1. The second kappa shape index (κ2) is 5.61. The first-order valence-corrected chi connectivity index (χ1v) is 6.60. The van der Waals surface area contributed by atoms with E-state index in [0.717, 1.165) is 24.2 Å². The maximum atomic E-state index is 12.1. The molecule has 1 fully saturated rings. The average Bonchev–Trinajstić information content (AvgIpc) is 3.26. The number of likely N-dealkylation sites (N-methyl/N-ethyl adjacent to an activating group) is 1. The largest absolute Gasteiger partial charge is 0.491 e. The molecule has 2 rings (SSSR count). The number of methoxy groups -OCH3 is 1. The zero-order valence-corrected chi connectivity index (χ0v) is 11.7. The lowest BCUT2D eigenvalue weighted by molar-refractivity contribution is -0.151. The number of ether oxygens (including phenoxy) is 2. The summed E-state index contributed by atoms with van der Waals surface area (Å²) in [5.41, 5.74) is 0.338. The molecule has 0 spiro atoms. The fraction of sp³-hybridized carbons (Fsp3) is 0.533. The Morgan fingerprint density at radius 2 is 2.11 bits per heavy atom. The van der Waals surface area contributed by atoms with Gasteiger partial charge < -0.3 is 14.8 Å². The highest BCUT2D eigenvalue weighted by Crippen LogP contribution is 2.40. The zero-order valence-electron chi connectivity index (χ0n) is 11.7. The fourth-order valence-electron chi connectivity index (χ4n) is 2.39. The lowest BCUT2D eigenvalue weighted by Crippen LogP contribution is -2.57. The summed E-state index contributed by atoms with van der Waals surface area (Å²) >= 11 is 0. The molecule has 1 saturated carbocycles. The smallest absolute Gasteiger partial charge is 0.329 e. The Labute approximate surface area is 114 Å². The molecule has 0 aliphatic heterocycles. The highest BCUT2D eigenvalue weighted by molar-refractivity contribution is 5.82. The molecule has 1 aliphatic rings. The van der Waals surface area contributed by atoms with Gasteiger partial charge in [0.25, 0.3) is 0 Å². The third-order valence-electron chi connectivity index (χ3n) is 3.82. The highest BCUT2D eigenvalue weighted by Gasteiger charge is 2.51. The van der Waals surface area contributed by atoms with Gasteiger partial charge in [-0.25, -0.2) is 4.79 Å². The normalized spacial score (nSPS) is 17.6. The molecule has 1 aliphatic carbocycles. The van der Waals surface area contributed by atoms with Gasteiger partial charge in [-0.05, 0) is 44.4 Å². The molecular weight excluding hydrogens is 242 g/mol. The number of aryl methyl sites for hydroxylation is 1. The molecule has 0 heterocycles. The van der Waals surface area contributed by atoms with Crippen molar-refractivity contribution in [1.29, 1.82) is 0 Å². The first-order valence-electron chi connectivity index (χ1n) is 6.60. The maximum absolute atomic E-state index is 12.1. The van der Waals surface area contributed by atoms with Gasteiger partial charge in [0.05, 0.1) is 7.11 Å². The third-order valence-corrected chi connectivity index (χ3v) is 3.82. The molecule has 0 saturated heterocycles. The first kappa shape index (κ1) is 13.9. The lowest BCUT2D eigenvalue weighted by atomic mass is 9.94. The van der Waals surface area contributed by atoms with Crippen molar-refractivity contribution < 1.29 is 14.3 Å². The minimum atomic E-state index is -0.725. The SMILES string of the molecule is CNC(COc1ccccc1C)(C(=O)OC)C1CC1. The van der Waals surface area contributed by atoms with Crippen molar-refractivity contribution in [3.63, 3.8) is 0 Å². The van der Waals surface area contributed by atoms with Gasteiger partial charge in [-0.2, -0.15) is 0 Å². The number of hydrogen-bond acceptors (Lipinski definition) is 4. The van der Waals surface area contributed by atoms with Crippen LogP contribution in [0.25, 0.3) is 0 Å². The number of hydrogen-bond donors (Lipinski definition) is 1. The van der Waals surface area contributed by atoms with Crippen LogP contribution in [0.4, 0.5) is 0 Å². The summed E-state index contributed by atoms with van der Waals surface area (Å²) in [5, 5.41) is 3.12. The predicted molar refractivity (Wildman–Crippen MR) is 73.2 cm³/mol. The van der Waals surface area contributed by atoms with Gasteiger partial charge in [0.15, 0.2) is 5.54 Å². The zero-order chi connectivity index (χ0) is 13.9. The number of nitrogens with one attached hydrogen (secondary N) is 1. The molecule has 19 heavy (non-hydrogen) atoms. The molecule has 1 aromatic rings. The van der Waals surface area contributed by atoms with Crippen molar-refractivity contribution in [2.24, 2.45) is 5.92 Å². The van der Waals surface area contributed by atoms with E-state index in [4.69, 9.17) is 9.47 Å². The van der Waals surface area contributed by atoms with E-state index in [1.54, 1.807) is 7.05 Å². The van der Waals surface area contributed by atoms with E-state index in [2.05, 4.69) is 5.32 Å². The van der Waals surface area contributed by atoms with E-state index in [9.17, 15) is 4.79 Å². The Morgan fingerprint density at radius 3 is 2.63 bits per heavy atom. The second-order valence-electron chi connectivity index (χ2n) is 5.04. The van der Waals surface area contributed by atoms with E-state index in [-0.39, 0.29) is 5.97 Å². The molecule has 1 N–H and O–H groups in total. The van der Waals surface area contributed by atoms with Crippen LogP contribution in [0.3, 0.4) is 0 Å². The summed E-state index contributed by atoms with van der Waals surface area (Å²) in [6, 6.07) is 7.80. The summed E-state index contributed by atoms with van der Waals surface area (Å²) < 4.78 is 10.8. The third kappa shape index (κ3) is 2.73. The topological polar surface area (TPSA) is 47.6 Å². The molecule has 4 heteroatoms. The van der Waals surface area contributed by atoms with Gasteiger partial charge in [0.2, 0.25) is 0 Å². The number of carbonyl (C=O) groups excluding carboxylic acids is 1. The monoisotopic (exact) mass is 263 g/mol. The lowest BCUT2D eigenvalue weighted by Gasteiger charge is -2.30. The van der Waals surface area contributed by atoms with Gasteiger partial charge in [-0.3, -0.25) is 0 Å². The molecule has 0 bridgehead atoms. The second-order valence-corrected chi connectivity index (χ2v) is 5.04. The van der Waals surface area contributed by atoms with E-state index < -0.39 is 5.54 Å². The average molecular weight is 263 g/mol. The molecule has 104 valence electrons. The standard InChI is InChI=1S/C15H21NO3/c1-11-6-4-5-7-13(11)19-10-15(16-2,12-8-9-12)14(17)18-3/h4-7,12,16H,8-10H2,1-3H3. The minimum Gasteiger partial charge on any atom is -0.491 e. The first-order chi connectivity index (χ1) is 9.14. The summed E-state index contributed by atoms with van der Waals surface area (Å²) in [5.74, 6) is 0.867. The van der Waals surface area contributed by atoms with Crippen LogP contribution in [0.1, 0.15) is 18.4 Å². The van der Waals surface area contributed by atoms with Crippen molar-refractivity contribution in [3.05, 3.63) is 29.8 Å². The van der Waals surface area contributed by atoms with Crippen molar-refractivity contribution in [2.45, 2.75) is 25.3 Å². The Morgan fingerprint density at radius 1 is 1.42 bits per heavy atom. The van der Waals surface area contributed by atoms with Gasteiger partial charge >= 0.3 is 5.97 Å². The van der Waals surface area contributed by atoms with Crippen LogP contribution in [-0.4, -0.2) is 32.3 Å².